The number of oxazole rings is 1. The summed E-state index contributed by atoms with van der Waals surface area (Å²) in [7, 11) is 1.35. The number of hydrogen-bond acceptors (Lipinski definition) is 7. The van der Waals surface area contributed by atoms with Gasteiger partial charge in [0, 0.05) is 36.9 Å². The number of Topliss-reactive ketones (excluding diaryl/α,β-unsaturated/α-hetero) is 1. The van der Waals surface area contributed by atoms with Gasteiger partial charge in [-0.05, 0) is 56.4 Å². The molecule has 1 aromatic carbocycles. The fourth-order valence-electron chi connectivity index (χ4n) is 5.18. The molecule has 2 unspecified atom stereocenters. The van der Waals surface area contributed by atoms with Crippen molar-refractivity contribution < 1.29 is 18.7 Å². The lowest BCUT2D eigenvalue weighted by Crippen LogP contribution is -2.23. The molecule has 0 spiro atoms. The molecule has 2 heterocycles. The number of methoxy groups -OCH3 is 1. The molecule has 4 rings (SSSR count). The molecule has 1 aromatic heterocycles. The molecule has 7 heteroatoms. The minimum Gasteiger partial charge on any atom is -0.464 e. The average molecular weight is 464 g/mol. The van der Waals surface area contributed by atoms with Crippen molar-refractivity contribution in [2.24, 2.45) is 21.8 Å². The fourth-order valence-corrected chi connectivity index (χ4v) is 5.18. The summed E-state index contributed by atoms with van der Waals surface area (Å²) in [6.45, 7) is 4.72. The Labute approximate surface area is 200 Å². The second-order valence-electron chi connectivity index (χ2n) is 9.40. The van der Waals surface area contributed by atoms with E-state index in [2.05, 4.69) is 21.9 Å². The van der Waals surface area contributed by atoms with Crippen LogP contribution in [0.1, 0.15) is 95.5 Å². The zero-order valence-electron chi connectivity index (χ0n) is 20.2. The van der Waals surface area contributed by atoms with Gasteiger partial charge >= 0.3 is 5.97 Å². The van der Waals surface area contributed by atoms with Crippen molar-refractivity contribution in [2.45, 2.75) is 64.3 Å². The molecule has 34 heavy (non-hydrogen) atoms. The first-order valence-corrected chi connectivity index (χ1v) is 12.2. The minimum absolute atomic E-state index is 0.0297. The summed E-state index contributed by atoms with van der Waals surface area (Å²) in [5, 5.41) is 0. The Balaban J connectivity index is 1.42. The average Bonchev–Trinajstić information content (AvgIpc) is 3.06. The minimum atomic E-state index is -0.470. The molecular weight excluding hydrogens is 430 g/mol. The van der Waals surface area contributed by atoms with Crippen LogP contribution < -0.4 is 0 Å². The molecule has 2 aliphatic rings. The Bertz CT molecular complexity index is 1090. The fraction of sp³-hybridized carbons (Fsp3) is 0.519. The summed E-state index contributed by atoms with van der Waals surface area (Å²) in [5.74, 6) is 1.88. The Kier molecular flexibility index (Phi) is 7.70. The van der Waals surface area contributed by atoms with E-state index in [0.29, 0.717) is 36.5 Å². The highest BCUT2D eigenvalue weighted by molar-refractivity contribution is 6.16. The van der Waals surface area contributed by atoms with E-state index in [-0.39, 0.29) is 23.4 Å². The largest absolute Gasteiger partial charge is 0.464 e. The van der Waals surface area contributed by atoms with Crippen molar-refractivity contribution in [3.63, 3.8) is 0 Å². The van der Waals surface area contributed by atoms with Gasteiger partial charge < -0.3 is 9.15 Å². The van der Waals surface area contributed by atoms with Gasteiger partial charge in [0.2, 0.25) is 0 Å². The third kappa shape index (κ3) is 5.34. The smallest absolute Gasteiger partial charge is 0.360 e. The zero-order chi connectivity index (χ0) is 24.1. The molecular formula is C27H33N3O4. The number of carbonyl (C=O) groups is 2. The quantitative estimate of drug-likeness (QED) is 0.397. The van der Waals surface area contributed by atoms with Crippen LogP contribution in [-0.2, 0) is 4.74 Å². The number of benzene rings is 1. The highest BCUT2D eigenvalue weighted by Crippen LogP contribution is 2.42. The summed E-state index contributed by atoms with van der Waals surface area (Å²) in [4.78, 5) is 38.5. The number of esters is 1. The predicted octanol–water partition coefficient (Wildman–Crippen LogP) is 5.54. The van der Waals surface area contributed by atoms with Gasteiger partial charge in [0.05, 0.1) is 13.2 Å². The number of aromatic nitrogens is 1. The second-order valence-corrected chi connectivity index (χ2v) is 9.40. The SMILES string of the molecule is COC(=O)c1nc([C@@H]2CC[C@@H](C)C(CCC(=O)c3ccccc3C3CCN=CC=N3)C2)oc1C. The summed E-state index contributed by atoms with van der Waals surface area (Å²) < 4.78 is 10.7. The van der Waals surface area contributed by atoms with Crippen LogP contribution in [0, 0.1) is 18.8 Å². The van der Waals surface area contributed by atoms with Gasteiger partial charge in [-0.25, -0.2) is 9.78 Å². The number of ether oxygens (including phenoxy) is 1. The molecule has 2 aromatic rings. The molecule has 1 saturated carbocycles. The van der Waals surface area contributed by atoms with Crippen LogP contribution in [0.3, 0.4) is 0 Å². The van der Waals surface area contributed by atoms with Crippen molar-refractivity contribution in [3.8, 4) is 0 Å². The highest BCUT2D eigenvalue weighted by Gasteiger charge is 2.33. The van der Waals surface area contributed by atoms with E-state index < -0.39 is 5.97 Å². The first-order valence-electron chi connectivity index (χ1n) is 12.2. The Morgan fingerprint density at radius 3 is 2.79 bits per heavy atom. The molecule has 180 valence electrons. The van der Waals surface area contributed by atoms with Crippen LogP contribution in [-0.4, -0.2) is 42.8 Å². The molecule has 0 radical (unpaired) electrons. The topological polar surface area (TPSA) is 94.1 Å². The number of ketones is 1. The van der Waals surface area contributed by atoms with E-state index in [1.165, 1.54) is 7.11 Å². The normalized spacial score (nSPS) is 24.6. The summed E-state index contributed by atoms with van der Waals surface area (Å²) in [6.07, 6.45) is 8.52. The van der Waals surface area contributed by atoms with Gasteiger partial charge in [-0.3, -0.25) is 14.8 Å². The second kappa shape index (κ2) is 10.9. The van der Waals surface area contributed by atoms with Crippen LogP contribution in [0.5, 0.6) is 0 Å². The number of hydrogen-bond donors (Lipinski definition) is 0. The lowest BCUT2D eigenvalue weighted by atomic mass is 9.72. The van der Waals surface area contributed by atoms with E-state index in [0.717, 1.165) is 43.2 Å². The number of aryl methyl sites for hydroxylation is 1. The molecule has 0 saturated heterocycles. The standard InChI is InChI=1S/C27H33N3O4/c1-17-8-9-20(26-30-25(18(2)34-26)27(32)33-3)16-19(17)10-11-24(31)22-7-5-4-6-21(22)23-12-13-28-14-15-29-23/h4-7,14-15,17,19-20,23H,8-13,16H2,1-3H3/t17-,19?,20-,23?/m1/s1. The first-order chi connectivity index (χ1) is 16.5. The predicted molar refractivity (Wildman–Crippen MR) is 131 cm³/mol. The molecule has 1 aliphatic carbocycles. The number of nitrogens with zero attached hydrogens (tertiary/aromatic N) is 3. The van der Waals surface area contributed by atoms with Gasteiger partial charge in [-0.15, -0.1) is 0 Å². The number of rotatable bonds is 7. The van der Waals surface area contributed by atoms with Gasteiger partial charge in [0.15, 0.2) is 17.4 Å². The Morgan fingerprint density at radius 2 is 1.97 bits per heavy atom. The van der Waals surface area contributed by atoms with E-state index in [1.54, 1.807) is 19.4 Å². The van der Waals surface area contributed by atoms with E-state index in [4.69, 9.17) is 9.15 Å². The number of carbonyl (C=O) groups excluding carboxylic acids is 2. The molecule has 7 nitrogen and oxygen atoms in total. The molecule has 0 amide bonds. The third-order valence-corrected chi connectivity index (χ3v) is 7.24. The maximum Gasteiger partial charge on any atom is 0.360 e. The van der Waals surface area contributed by atoms with Gasteiger partial charge in [0.25, 0.3) is 0 Å². The lowest BCUT2D eigenvalue weighted by Gasteiger charge is -2.33. The first kappa shape index (κ1) is 24.0. The zero-order valence-corrected chi connectivity index (χ0v) is 20.2. The van der Waals surface area contributed by atoms with Crippen LogP contribution in [0.25, 0.3) is 0 Å². The Morgan fingerprint density at radius 1 is 1.15 bits per heavy atom. The van der Waals surface area contributed by atoms with E-state index >= 15 is 0 Å². The van der Waals surface area contributed by atoms with Crippen LogP contribution in [0.2, 0.25) is 0 Å². The monoisotopic (exact) mass is 463 g/mol. The van der Waals surface area contributed by atoms with Gasteiger partial charge in [-0.2, -0.15) is 0 Å². The summed E-state index contributed by atoms with van der Waals surface area (Å²) in [6, 6.07) is 7.82. The maximum absolute atomic E-state index is 13.3. The Hall–Kier alpha value is -3.09. The molecule has 0 N–H and O–H groups in total. The van der Waals surface area contributed by atoms with E-state index in [9.17, 15) is 9.59 Å². The van der Waals surface area contributed by atoms with Crippen molar-refractivity contribution in [1.82, 2.24) is 4.98 Å². The molecule has 4 atom stereocenters. The molecule has 1 fully saturated rings. The maximum atomic E-state index is 13.3. The van der Waals surface area contributed by atoms with Crippen molar-refractivity contribution >= 4 is 24.2 Å². The van der Waals surface area contributed by atoms with Crippen LogP contribution >= 0.6 is 0 Å². The lowest BCUT2D eigenvalue weighted by molar-refractivity contribution is 0.0592. The number of aliphatic imine (C=N–C) groups is 2. The van der Waals surface area contributed by atoms with Crippen molar-refractivity contribution in [2.75, 3.05) is 13.7 Å². The van der Waals surface area contributed by atoms with Gasteiger partial charge in [0.1, 0.15) is 5.76 Å². The van der Waals surface area contributed by atoms with Crippen molar-refractivity contribution in [3.05, 3.63) is 52.7 Å². The summed E-state index contributed by atoms with van der Waals surface area (Å²) in [5.41, 5.74) is 2.03. The third-order valence-electron chi connectivity index (χ3n) is 7.24. The molecule has 1 aliphatic heterocycles. The highest BCUT2D eigenvalue weighted by atomic mass is 16.5. The summed E-state index contributed by atoms with van der Waals surface area (Å²) >= 11 is 0. The van der Waals surface area contributed by atoms with Crippen molar-refractivity contribution in [1.29, 1.82) is 0 Å². The van der Waals surface area contributed by atoms with Crippen LogP contribution in [0.4, 0.5) is 0 Å². The van der Waals surface area contributed by atoms with Gasteiger partial charge in [-0.1, -0.05) is 31.2 Å². The molecule has 0 bridgehead atoms. The van der Waals surface area contributed by atoms with Crippen LogP contribution in [0.15, 0.2) is 38.7 Å². The van der Waals surface area contributed by atoms with E-state index in [1.807, 2.05) is 24.3 Å².